The van der Waals surface area contributed by atoms with Crippen LogP contribution in [0.25, 0.3) is 0 Å². The van der Waals surface area contributed by atoms with Gasteiger partial charge in [-0.05, 0) is 26.2 Å². The van der Waals surface area contributed by atoms with Gasteiger partial charge in [-0.25, -0.2) is 0 Å². The molecule has 78 valence electrons. The van der Waals surface area contributed by atoms with E-state index in [1.54, 1.807) is 0 Å². The second-order valence-corrected chi connectivity index (χ2v) is 4.72. The Morgan fingerprint density at radius 3 is 2.46 bits per heavy atom. The van der Waals surface area contributed by atoms with Crippen LogP contribution in [0.15, 0.2) is 0 Å². The lowest BCUT2D eigenvalue weighted by Gasteiger charge is -2.31. The zero-order chi connectivity index (χ0) is 9.73. The van der Waals surface area contributed by atoms with Crippen LogP contribution in [0.1, 0.15) is 52.4 Å². The van der Waals surface area contributed by atoms with Crippen LogP contribution in [0.3, 0.4) is 0 Å². The molecule has 1 rings (SSSR count). The largest absolute Gasteiger partial charge is 0.308 e. The molecule has 0 amide bonds. The third-order valence-corrected chi connectivity index (χ3v) is 3.60. The van der Waals surface area contributed by atoms with Crippen molar-refractivity contribution in [1.29, 1.82) is 0 Å². The van der Waals surface area contributed by atoms with E-state index in [9.17, 15) is 0 Å². The molecule has 0 aromatic rings. The first-order chi connectivity index (χ1) is 6.22. The molecule has 1 saturated carbocycles. The number of nitrogens with one attached hydrogen (secondary N) is 1. The quantitative estimate of drug-likeness (QED) is 0.677. The fourth-order valence-corrected chi connectivity index (χ4v) is 2.74. The van der Waals surface area contributed by atoms with Crippen LogP contribution in [-0.4, -0.2) is 17.5 Å². The lowest BCUT2D eigenvalue weighted by atomic mass is 9.98. The molecule has 0 aromatic heterocycles. The molecule has 1 atom stereocenters. The van der Waals surface area contributed by atoms with E-state index in [1.165, 1.54) is 38.5 Å². The van der Waals surface area contributed by atoms with Crippen LogP contribution in [-0.2, 0) is 0 Å². The van der Waals surface area contributed by atoms with E-state index >= 15 is 0 Å². The van der Waals surface area contributed by atoms with Crippen LogP contribution in [0.5, 0.6) is 0 Å². The Kier molecular flexibility index (Phi) is 4.54. The number of alkyl halides is 1. The summed E-state index contributed by atoms with van der Waals surface area (Å²) in [6.07, 6.45) is 7.75. The molecule has 1 aliphatic rings. The summed E-state index contributed by atoms with van der Waals surface area (Å²) in [7, 11) is 0. The highest BCUT2D eigenvalue weighted by atomic mass is 35.5. The third kappa shape index (κ3) is 3.14. The summed E-state index contributed by atoms with van der Waals surface area (Å²) in [6.45, 7) is 4.51. The van der Waals surface area contributed by atoms with Gasteiger partial charge in [-0.1, -0.05) is 26.2 Å². The van der Waals surface area contributed by atoms with Crippen LogP contribution >= 0.6 is 11.6 Å². The maximum absolute atomic E-state index is 6.05. The second kappa shape index (κ2) is 5.21. The first kappa shape index (κ1) is 11.3. The molecule has 0 saturated heterocycles. The van der Waals surface area contributed by atoms with E-state index in [4.69, 9.17) is 11.6 Å². The molecule has 2 heteroatoms. The molecular weight excluding hydrogens is 182 g/mol. The lowest BCUT2D eigenvalue weighted by molar-refractivity contribution is 0.318. The number of rotatable bonds is 5. The van der Waals surface area contributed by atoms with Crippen molar-refractivity contribution in [2.24, 2.45) is 0 Å². The smallest absolute Gasteiger partial charge is 0.0406 e. The van der Waals surface area contributed by atoms with Crippen molar-refractivity contribution in [3.63, 3.8) is 0 Å². The predicted molar refractivity (Wildman–Crippen MR) is 59.4 cm³/mol. The summed E-state index contributed by atoms with van der Waals surface area (Å²) >= 11 is 6.05. The lowest BCUT2D eigenvalue weighted by Crippen LogP contribution is -2.48. The van der Waals surface area contributed by atoms with Crippen molar-refractivity contribution < 1.29 is 0 Å². The summed E-state index contributed by atoms with van der Waals surface area (Å²) in [5.74, 6) is 0.779. The highest BCUT2D eigenvalue weighted by Gasteiger charge is 2.33. The van der Waals surface area contributed by atoms with E-state index < -0.39 is 0 Å². The zero-order valence-electron chi connectivity index (χ0n) is 8.91. The number of hydrogen-bond donors (Lipinski definition) is 1. The van der Waals surface area contributed by atoms with Gasteiger partial charge in [0.05, 0.1) is 0 Å². The molecule has 1 nitrogen and oxygen atoms in total. The van der Waals surface area contributed by atoms with Gasteiger partial charge in [0.25, 0.3) is 0 Å². The minimum Gasteiger partial charge on any atom is -0.308 e. The summed E-state index contributed by atoms with van der Waals surface area (Å²) in [4.78, 5) is 0. The number of halogens is 1. The third-order valence-electron chi connectivity index (χ3n) is 3.09. The van der Waals surface area contributed by atoms with Crippen molar-refractivity contribution in [2.75, 3.05) is 5.88 Å². The first-order valence-corrected chi connectivity index (χ1v) is 6.09. The maximum Gasteiger partial charge on any atom is 0.0406 e. The van der Waals surface area contributed by atoms with Gasteiger partial charge in [0.15, 0.2) is 0 Å². The van der Waals surface area contributed by atoms with Crippen molar-refractivity contribution >= 4 is 11.6 Å². The Bertz CT molecular complexity index is 141. The van der Waals surface area contributed by atoms with E-state index in [-0.39, 0.29) is 5.54 Å². The van der Waals surface area contributed by atoms with Gasteiger partial charge in [0.1, 0.15) is 0 Å². The Hall–Kier alpha value is 0.250. The summed E-state index contributed by atoms with van der Waals surface area (Å²) in [5, 5.41) is 3.71. The van der Waals surface area contributed by atoms with Crippen LogP contribution < -0.4 is 5.32 Å². The molecule has 13 heavy (non-hydrogen) atoms. The van der Waals surface area contributed by atoms with Crippen LogP contribution in [0, 0.1) is 0 Å². The van der Waals surface area contributed by atoms with Gasteiger partial charge < -0.3 is 5.32 Å². The Morgan fingerprint density at radius 1 is 1.38 bits per heavy atom. The molecule has 0 bridgehead atoms. The van der Waals surface area contributed by atoms with Crippen molar-refractivity contribution in [2.45, 2.75) is 64.0 Å². The minimum absolute atomic E-state index is 0.274. The topological polar surface area (TPSA) is 12.0 Å². The summed E-state index contributed by atoms with van der Waals surface area (Å²) in [6, 6.07) is 0.627. The van der Waals surface area contributed by atoms with Gasteiger partial charge in [-0.15, -0.1) is 11.6 Å². The van der Waals surface area contributed by atoms with Crippen molar-refractivity contribution in [3.05, 3.63) is 0 Å². The van der Waals surface area contributed by atoms with Gasteiger partial charge in [-0.3, -0.25) is 0 Å². The average molecular weight is 204 g/mol. The Labute approximate surface area is 87.2 Å². The Balaban J connectivity index is 2.38. The molecule has 1 aliphatic carbocycles. The van der Waals surface area contributed by atoms with E-state index in [2.05, 4.69) is 19.2 Å². The van der Waals surface area contributed by atoms with E-state index in [1.807, 2.05) is 0 Å². The van der Waals surface area contributed by atoms with Gasteiger partial charge in [0.2, 0.25) is 0 Å². The van der Waals surface area contributed by atoms with E-state index in [0.29, 0.717) is 6.04 Å². The molecule has 0 radical (unpaired) electrons. The molecular formula is C11H22ClN. The van der Waals surface area contributed by atoms with Crippen molar-refractivity contribution in [1.82, 2.24) is 5.32 Å². The standard InChI is InChI=1S/C11H22ClN/c1-3-6-10(2)13-11(9-12)7-4-5-8-11/h10,13H,3-9H2,1-2H3. The normalized spacial score (nSPS) is 23.3. The summed E-state index contributed by atoms with van der Waals surface area (Å²) in [5.41, 5.74) is 0.274. The summed E-state index contributed by atoms with van der Waals surface area (Å²) < 4.78 is 0. The van der Waals surface area contributed by atoms with E-state index in [0.717, 1.165) is 5.88 Å². The highest BCUT2D eigenvalue weighted by Crippen LogP contribution is 2.31. The SMILES string of the molecule is CCCC(C)NC1(CCl)CCCC1. The fourth-order valence-electron chi connectivity index (χ4n) is 2.40. The second-order valence-electron chi connectivity index (χ2n) is 4.46. The molecule has 1 N–H and O–H groups in total. The van der Waals surface area contributed by atoms with Crippen LogP contribution in [0.2, 0.25) is 0 Å². The molecule has 0 aliphatic heterocycles. The first-order valence-electron chi connectivity index (χ1n) is 5.56. The Morgan fingerprint density at radius 2 is 2.00 bits per heavy atom. The maximum atomic E-state index is 6.05. The predicted octanol–water partition coefficient (Wildman–Crippen LogP) is 3.32. The number of hydrogen-bond acceptors (Lipinski definition) is 1. The fraction of sp³-hybridized carbons (Fsp3) is 1.00. The van der Waals surface area contributed by atoms with Crippen molar-refractivity contribution in [3.8, 4) is 0 Å². The highest BCUT2D eigenvalue weighted by molar-refractivity contribution is 6.18. The molecule has 0 aromatic carbocycles. The zero-order valence-corrected chi connectivity index (χ0v) is 9.66. The molecule has 1 fully saturated rings. The molecule has 0 heterocycles. The average Bonchev–Trinajstić information content (AvgIpc) is 2.54. The molecule has 0 spiro atoms. The molecule has 1 unspecified atom stereocenters. The van der Waals surface area contributed by atoms with Gasteiger partial charge in [-0.2, -0.15) is 0 Å². The van der Waals surface area contributed by atoms with Gasteiger partial charge >= 0.3 is 0 Å². The monoisotopic (exact) mass is 203 g/mol. The van der Waals surface area contributed by atoms with Gasteiger partial charge in [0, 0.05) is 17.5 Å². The minimum atomic E-state index is 0.274. The van der Waals surface area contributed by atoms with Crippen LogP contribution in [0.4, 0.5) is 0 Å².